The third-order valence-corrected chi connectivity index (χ3v) is 6.82. The number of aliphatic hydroxyl groups is 1. The summed E-state index contributed by atoms with van der Waals surface area (Å²) in [4.78, 5) is 13.1. The smallest absolute Gasteiger partial charge is 0.335 e. The summed E-state index contributed by atoms with van der Waals surface area (Å²) in [6.07, 6.45) is 0.787. The van der Waals surface area contributed by atoms with Gasteiger partial charge in [0.15, 0.2) is 23.9 Å². The van der Waals surface area contributed by atoms with Crippen LogP contribution in [0.4, 0.5) is 0 Å². The molecule has 1 atom stereocenters. The lowest BCUT2D eigenvalue weighted by molar-refractivity contribution is -0.134. The molecule has 3 aromatic rings. The number of aliphatic carboxylic acids is 1. The molecule has 204 valence electrons. The Hall–Kier alpha value is -4.21. The van der Waals surface area contributed by atoms with Crippen molar-refractivity contribution in [2.45, 2.75) is 25.9 Å². The minimum atomic E-state index is -2.11. The third-order valence-electron chi connectivity index (χ3n) is 6.82. The van der Waals surface area contributed by atoms with Crippen molar-refractivity contribution in [2.75, 3.05) is 34.4 Å². The molecule has 2 N–H and O–H groups in total. The van der Waals surface area contributed by atoms with Crippen molar-refractivity contribution in [2.24, 2.45) is 0 Å². The van der Waals surface area contributed by atoms with Gasteiger partial charge in [0, 0.05) is 29.9 Å². The molecule has 1 aliphatic carbocycles. The van der Waals surface area contributed by atoms with Gasteiger partial charge in [-0.1, -0.05) is 13.0 Å². The summed E-state index contributed by atoms with van der Waals surface area (Å²) < 4.78 is 33.3. The van der Waals surface area contributed by atoms with Crippen LogP contribution in [0.5, 0.6) is 28.7 Å². The van der Waals surface area contributed by atoms with Crippen LogP contribution in [0.3, 0.4) is 0 Å². The highest BCUT2D eigenvalue weighted by molar-refractivity contribution is 6.08. The zero-order valence-electron chi connectivity index (χ0n) is 22.2. The Morgan fingerprint density at radius 3 is 2.49 bits per heavy atom. The molecule has 2 aliphatic rings. The van der Waals surface area contributed by atoms with E-state index >= 15 is 0 Å². The molecule has 0 aromatic heterocycles. The van der Waals surface area contributed by atoms with E-state index in [0.717, 1.165) is 12.0 Å². The van der Waals surface area contributed by atoms with Gasteiger partial charge < -0.3 is 38.6 Å². The highest BCUT2D eigenvalue weighted by atomic mass is 16.7. The van der Waals surface area contributed by atoms with E-state index in [1.807, 2.05) is 19.9 Å². The molecule has 0 fully saturated rings. The Kier molecular flexibility index (Phi) is 7.12. The summed E-state index contributed by atoms with van der Waals surface area (Å²) in [5.41, 5.74) is 0.518. The zero-order chi connectivity index (χ0) is 27.7. The number of carboxylic acids is 1. The summed E-state index contributed by atoms with van der Waals surface area (Å²) in [5, 5.41) is 23.4. The normalized spacial score (nSPS) is 17.3. The number of fused-ring (bicyclic) bond motifs is 2. The maximum Gasteiger partial charge on any atom is 0.335 e. The molecule has 0 spiro atoms. The van der Waals surface area contributed by atoms with Crippen molar-refractivity contribution >= 4 is 11.5 Å². The van der Waals surface area contributed by atoms with Crippen molar-refractivity contribution in [3.63, 3.8) is 0 Å². The van der Waals surface area contributed by atoms with Crippen LogP contribution in [0, 0.1) is 6.92 Å². The third kappa shape index (κ3) is 4.43. The molecular formula is C30H30O9. The quantitative estimate of drug-likeness (QED) is 0.359. The van der Waals surface area contributed by atoms with Crippen LogP contribution in [0.25, 0.3) is 5.57 Å². The monoisotopic (exact) mass is 534 g/mol. The number of hydrogen-bond donors (Lipinski definition) is 2. The number of aryl methyl sites for hydroxylation is 1. The van der Waals surface area contributed by atoms with Crippen molar-refractivity contribution < 1.29 is 43.4 Å². The lowest BCUT2D eigenvalue weighted by Crippen LogP contribution is -2.32. The number of rotatable bonds is 10. The van der Waals surface area contributed by atoms with Crippen LogP contribution in [0.2, 0.25) is 0 Å². The van der Waals surface area contributed by atoms with Gasteiger partial charge in [0.1, 0.15) is 17.2 Å². The lowest BCUT2D eigenvalue weighted by Gasteiger charge is -2.29. The molecule has 0 saturated carbocycles. The van der Waals surface area contributed by atoms with E-state index in [9.17, 15) is 15.0 Å². The largest absolute Gasteiger partial charge is 0.497 e. The molecule has 39 heavy (non-hydrogen) atoms. The van der Waals surface area contributed by atoms with Crippen LogP contribution >= 0.6 is 0 Å². The van der Waals surface area contributed by atoms with Gasteiger partial charge in [0.25, 0.3) is 0 Å². The zero-order valence-corrected chi connectivity index (χ0v) is 22.2. The van der Waals surface area contributed by atoms with E-state index in [-0.39, 0.29) is 30.5 Å². The van der Waals surface area contributed by atoms with Gasteiger partial charge in [-0.05, 0) is 66.4 Å². The molecule has 1 unspecified atom stereocenters. The summed E-state index contributed by atoms with van der Waals surface area (Å²) in [6.45, 7) is 4.28. The first-order valence-electron chi connectivity index (χ1n) is 12.5. The first-order valence-corrected chi connectivity index (χ1v) is 12.5. The van der Waals surface area contributed by atoms with Gasteiger partial charge >= 0.3 is 5.97 Å². The molecule has 1 heterocycles. The number of ether oxygens (including phenoxy) is 6. The minimum Gasteiger partial charge on any atom is -0.497 e. The first-order chi connectivity index (χ1) is 18.8. The summed E-state index contributed by atoms with van der Waals surface area (Å²) >= 11 is 0. The van der Waals surface area contributed by atoms with Crippen LogP contribution in [0.1, 0.15) is 41.2 Å². The Labute approximate surface area is 226 Å². The van der Waals surface area contributed by atoms with Gasteiger partial charge in [-0.25, -0.2) is 4.79 Å². The molecule has 1 aliphatic heterocycles. The van der Waals surface area contributed by atoms with E-state index in [1.165, 1.54) is 14.2 Å². The Morgan fingerprint density at radius 2 is 1.77 bits per heavy atom. The fraction of sp³-hybridized carbons (Fsp3) is 0.300. The van der Waals surface area contributed by atoms with Crippen molar-refractivity contribution in [1.29, 1.82) is 0 Å². The topological polar surface area (TPSA) is 113 Å². The van der Waals surface area contributed by atoms with Crippen molar-refractivity contribution in [3.8, 4) is 28.7 Å². The van der Waals surface area contributed by atoms with E-state index in [0.29, 0.717) is 51.9 Å². The SMILES string of the molecule is CCCOc1cc(C)c2c(c1)C(O)(c1ccc(OC)cc1OCOC)C(C(=O)O)=C2c1ccc2c(c1)OCO2. The van der Waals surface area contributed by atoms with Gasteiger partial charge in [-0.15, -0.1) is 0 Å². The number of methoxy groups -OCH3 is 2. The molecule has 0 radical (unpaired) electrons. The molecule has 0 bridgehead atoms. The van der Waals surface area contributed by atoms with Gasteiger partial charge in [-0.2, -0.15) is 0 Å². The Morgan fingerprint density at radius 1 is 0.974 bits per heavy atom. The minimum absolute atomic E-state index is 0.0767. The predicted molar refractivity (Wildman–Crippen MR) is 142 cm³/mol. The predicted octanol–water partition coefficient (Wildman–Crippen LogP) is 4.64. The highest BCUT2D eigenvalue weighted by Gasteiger charge is 2.51. The average Bonchev–Trinajstić information content (AvgIpc) is 3.51. The van der Waals surface area contributed by atoms with Crippen LogP contribution in [-0.4, -0.2) is 50.6 Å². The van der Waals surface area contributed by atoms with Crippen LogP contribution in [0.15, 0.2) is 54.1 Å². The van der Waals surface area contributed by atoms with Crippen LogP contribution in [-0.2, 0) is 15.1 Å². The molecule has 0 amide bonds. The fourth-order valence-corrected chi connectivity index (χ4v) is 5.17. The second-order valence-electron chi connectivity index (χ2n) is 9.26. The first kappa shape index (κ1) is 26.4. The number of carbonyl (C=O) groups is 1. The van der Waals surface area contributed by atoms with Gasteiger partial charge in [0.05, 0.1) is 19.3 Å². The van der Waals surface area contributed by atoms with Gasteiger partial charge in [0.2, 0.25) is 6.79 Å². The summed E-state index contributed by atoms with van der Waals surface area (Å²) in [6, 6.07) is 13.6. The number of benzene rings is 3. The Bertz CT molecular complexity index is 1460. The summed E-state index contributed by atoms with van der Waals surface area (Å²) in [7, 11) is 2.98. The molecule has 3 aromatic carbocycles. The standard InChI is InChI=1S/C30H30O9/c1-5-10-36-20-11-17(2)26-22(13-20)30(33,21-8-7-19(35-4)14-24(21)37-15-34-3)28(29(31)32)27(26)18-6-9-23-25(12-18)39-16-38-23/h6-9,11-14,33H,5,10,15-16H2,1-4H3,(H,31,32). The number of hydrogen-bond acceptors (Lipinski definition) is 8. The maximum atomic E-state index is 13.1. The fourth-order valence-electron chi connectivity index (χ4n) is 5.17. The molecular weight excluding hydrogens is 504 g/mol. The average molecular weight is 535 g/mol. The highest BCUT2D eigenvalue weighted by Crippen LogP contribution is 2.55. The molecule has 9 nitrogen and oxygen atoms in total. The lowest BCUT2D eigenvalue weighted by atomic mass is 9.82. The summed E-state index contributed by atoms with van der Waals surface area (Å²) in [5.74, 6) is 0.986. The molecule has 9 heteroatoms. The number of carboxylic acid groups (broad SMARTS) is 1. The van der Waals surface area contributed by atoms with Crippen molar-refractivity contribution in [3.05, 3.63) is 81.9 Å². The van der Waals surface area contributed by atoms with E-state index in [1.54, 1.807) is 42.5 Å². The Balaban J connectivity index is 1.84. The van der Waals surface area contributed by atoms with Crippen molar-refractivity contribution in [1.82, 2.24) is 0 Å². The maximum absolute atomic E-state index is 13.1. The molecule has 0 saturated heterocycles. The van der Waals surface area contributed by atoms with Gasteiger partial charge in [-0.3, -0.25) is 0 Å². The van der Waals surface area contributed by atoms with E-state index in [2.05, 4.69) is 0 Å². The van der Waals surface area contributed by atoms with E-state index in [4.69, 9.17) is 28.4 Å². The second kappa shape index (κ2) is 10.5. The second-order valence-corrected chi connectivity index (χ2v) is 9.26. The van der Waals surface area contributed by atoms with E-state index < -0.39 is 11.6 Å². The van der Waals surface area contributed by atoms with Crippen LogP contribution < -0.4 is 23.7 Å². The molecule has 5 rings (SSSR count).